The van der Waals surface area contributed by atoms with Crippen molar-refractivity contribution in [2.75, 3.05) is 6.61 Å². The summed E-state index contributed by atoms with van der Waals surface area (Å²) in [4.78, 5) is 14.3. The van der Waals surface area contributed by atoms with E-state index in [0.29, 0.717) is 46.7 Å². The van der Waals surface area contributed by atoms with Crippen molar-refractivity contribution in [3.05, 3.63) is 34.5 Å². The van der Waals surface area contributed by atoms with E-state index in [-0.39, 0.29) is 24.3 Å². The molecule has 0 spiro atoms. The lowest BCUT2D eigenvalue weighted by Gasteiger charge is -2.28. The summed E-state index contributed by atoms with van der Waals surface area (Å²) in [6.45, 7) is 0.307. The van der Waals surface area contributed by atoms with Crippen molar-refractivity contribution < 1.29 is 18.3 Å². The maximum Gasteiger partial charge on any atom is 0.259 e. The van der Waals surface area contributed by atoms with Gasteiger partial charge in [0.2, 0.25) is 5.92 Å². The molecule has 3 N–H and O–H groups in total. The van der Waals surface area contributed by atoms with E-state index >= 15 is 0 Å². The molecule has 3 rings (SSSR count). The molecule has 1 aromatic heterocycles. The van der Waals surface area contributed by atoms with Gasteiger partial charge in [0.25, 0.3) is 5.91 Å². The minimum absolute atomic E-state index is 0.0574. The Morgan fingerprint density at radius 3 is 2.78 bits per heavy atom. The molecular formula is C19H18ClF2N3O2. The first kappa shape index (κ1) is 19.2. The first-order valence-electron chi connectivity index (χ1n) is 8.52. The highest BCUT2D eigenvalue weighted by atomic mass is 35.5. The number of nitrogens with one attached hydrogen (secondary N) is 1. The molecule has 1 fully saturated rings. The van der Waals surface area contributed by atoms with Crippen LogP contribution in [0.5, 0.6) is 5.75 Å². The summed E-state index contributed by atoms with van der Waals surface area (Å²) in [5.41, 5.74) is 6.30. The van der Waals surface area contributed by atoms with Crippen LogP contribution in [0.25, 0.3) is 17.0 Å². The molecule has 1 saturated carbocycles. The van der Waals surface area contributed by atoms with Gasteiger partial charge in [-0.25, -0.2) is 8.78 Å². The fourth-order valence-electron chi connectivity index (χ4n) is 3.16. The Hall–Kier alpha value is -2.59. The Morgan fingerprint density at radius 1 is 1.44 bits per heavy atom. The normalized spacial score (nSPS) is 17.6. The number of fused-ring (bicyclic) bond motifs is 1. The van der Waals surface area contributed by atoms with Gasteiger partial charge in [-0.2, -0.15) is 5.26 Å². The number of aromatic nitrogens is 1. The van der Waals surface area contributed by atoms with E-state index in [1.165, 1.54) is 6.08 Å². The topological polar surface area (TPSA) is 91.9 Å². The van der Waals surface area contributed by atoms with Crippen LogP contribution in [0.15, 0.2) is 23.9 Å². The highest BCUT2D eigenvalue weighted by Gasteiger charge is 2.35. The van der Waals surface area contributed by atoms with Crippen molar-refractivity contribution in [2.24, 2.45) is 11.7 Å². The lowest BCUT2D eigenvalue weighted by Crippen LogP contribution is -2.27. The van der Waals surface area contributed by atoms with Crippen LogP contribution in [0.2, 0.25) is 5.02 Å². The summed E-state index contributed by atoms with van der Waals surface area (Å²) in [6, 6.07) is 5.14. The number of primary amides is 1. The van der Waals surface area contributed by atoms with Gasteiger partial charge in [-0.15, -0.1) is 0 Å². The number of ether oxygens (including phenoxy) is 1. The number of hydrogen-bond donors (Lipinski definition) is 2. The molecule has 5 nitrogen and oxygen atoms in total. The molecule has 0 saturated heterocycles. The van der Waals surface area contributed by atoms with Crippen LogP contribution < -0.4 is 10.5 Å². The van der Waals surface area contributed by atoms with Crippen molar-refractivity contribution in [3.8, 4) is 11.8 Å². The molecule has 1 amide bonds. The van der Waals surface area contributed by atoms with Gasteiger partial charge >= 0.3 is 0 Å². The largest absolute Gasteiger partial charge is 0.492 e. The molecule has 27 heavy (non-hydrogen) atoms. The van der Waals surface area contributed by atoms with E-state index in [2.05, 4.69) is 4.98 Å². The number of nitriles is 1. The number of benzene rings is 1. The van der Waals surface area contributed by atoms with E-state index in [0.717, 1.165) is 0 Å². The average Bonchev–Trinajstić information content (AvgIpc) is 2.99. The summed E-state index contributed by atoms with van der Waals surface area (Å²) in [5, 5.41) is 10.1. The predicted octanol–water partition coefficient (Wildman–Crippen LogP) is 4.42. The zero-order valence-electron chi connectivity index (χ0n) is 14.4. The van der Waals surface area contributed by atoms with Crippen molar-refractivity contribution in [1.29, 1.82) is 5.26 Å². The summed E-state index contributed by atoms with van der Waals surface area (Å²) < 4.78 is 32.3. The lowest BCUT2D eigenvalue weighted by atomic mass is 9.87. The van der Waals surface area contributed by atoms with Gasteiger partial charge in [-0.05, 0) is 37.0 Å². The standard InChI is InChI=1S/C19H18ClF2N3O2/c20-15-7-16-14(13(9-25-16)5-12(8-23)18(24)26)6-17(15)27-10-11-1-3-19(21,22)4-2-11/h5-7,9,11,25H,1-4,10H2,(H2,24,26)/b12-5+. The monoisotopic (exact) mass is 393 g/mol. The Balaban J connectivity index is 1.80. The third-order valence-corrected chi connectivity index (χ3v) is 5.06. The molecule has 0 unspecified atom stereocenters. The maximum absolute atomic E-state index is 13.3. The van der Waals surface area contributed by atoms with E-state index in [1.54, 1.807) is 24.4 Å². The summed E-state index contributed by atoms with van der Waals surface area (Å²) in [5.74, 6) is -2.90. The number of carbonyl (C=O) groups is 1. The third-order valence-electron chi connectivity index (χ3n) is 4.76. The van der Waals surface area contributed by atoms with E-state index in [9.17, 15) is 13.6 Å². The predicted molar refractivity (Wildman–Crippen MR) is 98.5 cm³/mol. The first-order chi connectivity index (χ1) is 12.8. The Kier molecular flexibility index (Phi) is 5.38. The lowest BCUT2D eigenvalue weighted by molar-refractivity contribution is -0.114. The molecule has 1 aliphatic rings. The molecule has 2 aromatic rings. The molecule has 1 heterocycles. The van der Waals surface area contributed by atoms with E-state index in [4.69, 9.17) is 27.3 Å². The molecule has 0 radical (unpaired) electrons. The molecule has 0 atom stereocenters. The van der Waals surface area contributed by atoms with Gasteiger partial charge in [0.1, 0.15) is 17.4 Å². The summed E-state index contributed by atoms with van der Waals surface area (Å²) in [7, 11) is 0. The number of H-pyrrole nitrogens is 1. The number of nitrogens with two attached hydrogens (primary N) is 1. The van der Waals surface area contributed by atoms with Gasteiger partial charge in [0, 0.05) is 35.5 Å². The highest BCUT2D eigenvalue weighted by molar-refractivity contribution is 6.32. The molecule has 1 aliphatic carbocycles. The number of hydrogen-bond acceptors (Lipinski definition) is 3. The Bertz CT molecular complexity index is 936. The number of aromatic amines is 1. The fraction of sp³-hybridized carbons (Fsp3) is 0.368. The van der Waals surface area contributed by atoms with E-state index < -0.39 is 11.8 Å². The molecule has 142 valence electrons. The van der Waals surface area contributed by atoms with Crippen LogP contribution in [0.1, 0.15) is 31.2 Å². The SMILES string of the molecule is N#C/C(=C\c1c[nH]c2cc(Cl)c(OCC3CCC(F)(F)CC3)cc12)C(N)=O. The zero-order chi connectivity index (χ0) is 19.6. The van der Waals surface area contributed by atoms with Crippen LogP contribution in [0.4, 0.5) is 8.78 Å². The number of amides is 1. The molecule has 1 aromatic carbocycles. The quantitative estimate of drug-likeness (QED) is 0.581. The number of nitrogens with zero attached hydrogens (tertiary/aromatic N) is 1. The van der Waals surface area contributed by atoms with Crippen molar-refractivity contribution in [3.63, 3.8) is 0 Å². The van der Waals surface area contributed by atoms with Crippen LogP contribution in [-0.2, 0) is 4.79 Å². The fourth-order valence-corrected chi connectivity index (χ4v) is 3.38. The minimum atomic E-state index is -2.57. The molecular weight excluding hydrogens is 376 g/mol. The summed E-state index contributed by atoms with van der Waals surface area (Å²) in [6.07, 6.45) is 3.61. The number of carbonyl (C=O) groups excluding carboxylic acids is 1. The van der Waals surface area contributed by atoms with Crippen LogP contribution >= 0.6 is 11.6 Å². The Labute approximate surface area is 159 Å². The second-order valence-electron chi connectivity index (χ2n) is 6.72. The first-order valence-corrected chi connectivity index (χ1v) is 8.90. The third kappa shape index (κ3) is 4.40. The summed E-state index contributed by atoms with van der Waals surface area (Å²) >= 11 is 6.25. The van der Waals surface area contributed by atoms with Crippen LogP contribution in [-0.4, -0.2) is 23.4 Å². The van der Waals surface area contributed by atoms with Gasteiger partial charge in [-0.3, -0.25) is 4.79 Å². The van der Waals surface area contributed by atoms with Crippen molar-refractivity contribution in [1.82, 2.24) is 4.98 Å². The van der Waals surface area contributed by atoms with E-state index in [1.807, 2.05) is 0 Å². The molecule has 0 aliphatic heterocycles. The van der Waals surface area contributed by atoms with Crippen molar-refractivity contribution in [2.45, 2.75) is 31.6 Å². The number of halogens is 3. The Morgan fingerprint density at radius 2 is 2.15 bits per heavy atom. The van der Waals surface area contributed by atoms with Crippen molar-refractivity contribution >= 4 is 34.5 Å². The zero-order valence-corrected chi connectivity index (χ0v) is 15.2. The van der Waals surface area contributed by atoms with Gasteiger partial charge in [-0.1, -0.05) is 11.6 Å². The number of alkyl halides is 2. The minimum Gasteiger partial charge on any atom is -0.492 e. The molecule has 0 bridgehead atoms. The van der Waals surface area contributed by atoms with Gasteiger partial charge < -0.3 is 15.5 Å². The smallest absolute Gasteiger partial charge is 0.259 e. The molecule has 8 heteroatoms. The van der Waals surface area contributed by atoms with Crippen LogP contribution in [0.3, 0.4) is 0 Å². The highest BCUT2D eigenvalue weighted by Crippen LogP contribution is 2.37. The average molecular weight is 394 g/mol. The van der Waals surface area contributed by atoms with Gasteiger partial charge in [0.05, 0.1) is 11.6 Å². The number of rotatable bonds is 5. The maximum atomic E-state index is 13.3. The second-order valence-corrected chi connectivity index (χ2v) is 7.12. The van der Waals surface area contributed by atoms with Gasteiger partial charge in [0.15, 0.2) is 0 Å². The second kappa shape index (κ2) is 7.57. The van der Waals surface area contributed by atoms with Crippen LogP contribution in [0, 0.1) is 17.2 Å².